The molecule has 1 aliphatic rings. The molecular formula is C14H17N3OS2. The Hall–Kier alpha value is -1.27. The molecule has 4 nitrogen and oxygen atoms in total. The number of thiazole rings is 1. The largest absolute Gasteiger partial charge is 0.375 e. The van der Waals surface area contributed by atoms with Crippen molar-refractivity contribution in [2.45, 2.75) is 25.1 Å². The molecular weight excluding hydrogens is 290 g/mol. The van der Waals surface area contributed by atoms with E-state index in [9.17, 15) is 4.79 Å². The molecule has 106 valence electrons. The van der Waals surface area contributed by atoms with Crippen molar-refractivity contribution < 1.29 is 4.79 Å². The van der Waals surface area contributed by atoms with Gasteiger partial charge in [0.1, 0.15) is 0 Å². The van der Waals surface area contributed by atoms with Crippen LogP contribution in [0.5, 0.6) is 0 Å². The van der Waals surface area contributed by atoms with Crippen LogP contribution in [-0.2, 0) is 0 Å². The minimum Gasteiger partial charge on any atom is -0.375 e. The molecule has 3 rings (SSSR count). The van der Waals surface area contributed by atoms with Crippen LogP contribution in [-0.4, -0.2) is 39.4 Å². The minimum absolute atomic E-state index is 0.110. The minimum atomic E-state index is 0.110. The molecule has 0 spiro atoms. The van der Waals surface area contributed by atoms with Gasteiger partial charge in [0, 0.05) is 29.2 Å². The van der Waals surface area contributed by atoms with Gasteiger partial charge in [0.25, 0.3) is 5.91 Å². The fourth-order valence-corrected chi connectivity index (χ4v) is 4.33. The number of amides is 1. The Balaban J connectivity index is 1.91. The highest BCUT2D eigenvalue weighted by atomic mass is 32.2. The van der Waals surface area contributed by atoms with Crippen LogP contribution >= 0.6 is 23.1 Å². The SMILES string of the molecule is CC1SCCN(C(=O)c2ccc3nc(N)sc3c2)C1C. The molecule has 0 radical (unpaired) electrons. The first-order valence-corrected chi connectivity index (χ1v) is 8.51. The lowest BCUT2D eigenvalue weighted by Crippen LogP contribution is -2.47. The van der Waals surface area contributed by atoms with Crippen molar-refractivity contribution >= 4 is 44.4 Å². The van der Waals surface area contributed by atoms with E-state index in [0.29, 0.717) is 10.4 Å². The van der Waals surface area contributed by atoms with Gasteiger partial charge in [0.15, 0.2) is 5.13 Å². The molecule has 6 heteroatoms. The van der Waals surface area contributed by atoms with Gasteiger partial charge in [0.05, 0.1) is 10.2 Å². The molecule has 1 saturated heterocycles. The van der Waals surface area contributed by atoms with Crippen LogP contribution in [0, 0.1) is 0 Å². The first-order chi connectivity index (χ1) is 9.56. The average molecular weight is 307 g/mol. The van der Waals surface area contributed by atoms with Gasteiger partial charge >= 0.3 is 0 Å². The monoisotopic (exact) mass is 307 g/mol. The van der Waals surface area contributed by atoms with Gasteiger partial charge < -0.3 is 10.6 Å². The van der Waals surface area contributed by atoms with E-state index < -0.39 is 0 Å². The third kappa shape index (κ3) is 2.38. The van der Waals surface area contributed by atoms with E-state index in [0.717, 1.165) is 28.1 Å². The highest BCUT2D eigenvalue weighted by molar-refractivity contribution is 8.00. The number of hydrogen-bond acceptors (Lipinski definition) is 5. The van der Waals surface area contributed by atoms with E-state index in [1.807, 2.05) is 34.9 Å². The summed E-state index contributed by atoms with van der Waals surface area (Å²) < 4.78 is 0.973. The fraction of sp³-hybridized carbons (Fsp3) is 0.429. The molecule has 0 bridgehead atoms. The Kier molecular flexibility index (Phi) is 3.60. The lowest BCUT2D eigenvalue weighted by Gasteiger charge is -2.37. The van der Waals surface area contributed by atoms with Gasteiger partial charge in [-0.3, -0.25) is 4.79 Å². The molecule has 0 aliphatic carbocycles. The molecule has 1 aliphatic heterocycles. The normalized spacial score (nSPS) is 23.2. The Bertz CT molecular complexity index is 655. The maximum atomic E-state index is 12.7. The zero-order valence-corrected chi connectivity index (χ0v) is 13.1. The summed E-state index contributed by atoms with van der Waals surface area (Å²) in [6.07, 6.45) is 0. The van der Waals surface area contributed by atoms with E-state index in [4.69, 9.17) is 5.73 Å². The number of rotatable bonds is 1. The number of nitrogens with zero attached hydrogens (tertiary/aromatic N) is 2. The Morgan fingerprint density at radius 3 is 3.05 bits per heavy atom. The molecule has 2 unspecified atom stereocenters. The van der Waals surface area contributed by atoms with Crippen LogP contribution in [0.25, 0.3) is 10.2 Å². The van der Waals surface area contributed by atoms with E-state index in [2.05, 4.69) is 18.8 Å². The van der Waals surface area contributed by atoms with Gasteiger partial charge in [-0.15, -0.1) is 0 Å². The van der Waals surface area contributed by atoms with Crippen LogP contribution in [0.3, 0.4) is 0 Å². The van der Waals surface area contributed by atoms with E-state index in [-0.39, 0.29) is 11.9 Å². The van der Waals surface area contributed by atoms with Gasteiger partial charge in [-0.2, -0.15) is 11.8 Å². The summed E-state index contributed by atoms with van der Waals surface area (Å²) in [7, 11) is 0. The highest BCUT2D eigenvalue weighted by Crippen LogP contribution is 2.28. The molecule has 2 atom stereocenters. The number of fused-ring (bicyclic) bond motifs is 1. The predicted octanol–water partition coefficient (Wildman–Crippen LogP) is 2.84. The summed E-state index contributed by atoms with van der Waals surface area (Å²) in [4.78, 5) is 18.9. The smallest absolute Gasteiger partial charge is 0.254 e. The van der Waals surface area contributed by atoms with Crippen molar-refractivity contribution in [3.8, 4) is 0 Å². The number of hydrogen-bond donors (Lipinski definition) is 1. The summed E-state index contributed by atoms with van der Waals surface area (Å²) in [6.45, 7) is 5.12. The summed E-state index contributed by atoms with van der Waals surface area (Å²) >= 11 is 3.35. The number of benzene rings is 1. The molecule has 1 amide bonds. The van der Waals surface area contributed by atoms with E-state index in [1.165, 1.54) is 11.3 Å². The van der Waals surface area contributed by atoms with Crippen LogP contribution < -0.4 is 5.73 Å². The number of nitrogen functional groups attached to an aromatic ring is 1. The number of thioether (sulfide) groups is 1. The Morgan fingerprint density at radius 2 is 2.25 bits per heavy atom. The van der Waals surface area contributed by atoms with Crippen LogP contribution in [0.1, 0.15) is 24.2 Å². The zero-order chi connectivity index (χ0) is 14.3. The number of nitrogens with two attached hydrogens (primary N) is 1. The van der Waals surface area contributed by atoms with Crippen molar-refractivity contribution in [2.24, 2.45) is 0 Å². The Labute approximate surface area is 126 Å². The van der Waals surface area contributed by atoms with Crippen molar-refractivity contribution in [1.29, 1.82) is 0 Å². The van der Waals surface area contributed by atoms with Crippen molar-refractivity contribution in [2.75, 3.05) is 18.0 Å². The quantitative estimate of drug-likeness (QED) is 0.880. The zero-order valence-electron chi connectivity index (χ0n) is 11.5. The van der Waals surface area contributed by atoms with Crippen molar-refractivity contribution in [3.05, 3.63) is 23.8 Å². The number of anilines is 1. The van der Waals surface area contributed by atoms with Gasteiger partial charge in [-0.25, -0.2) is 4.98 Å². The van der Waals surface area contributed by atoms with Gasteiger partial charge in [0.2, 0.25) is 0 Å². The summed E-state index contributed by atoms with van der Waals surface area (Å²) in [6, 6.07) is 5.90. The first-order valence-electron chi connectivity index (χ1n) is 6.65. The second-order valence-corrected chi connectivity index (χ2v) is 7.60. The lowest BCUT2D eigenvalue weighted by molar-refractivity contribution is 0.0698. The molecule has 1 aromatic heterocycles. The summed E-state index contributed by atoms with van der Waals surface area (Å²) in [5.41, 5.74) is 7.30. The van der Waals surface area contributed by atoms with Crippen LogP contribution in [0.2, 0.25) is 0 Å². The second-order valence-electron chi connectivity index (χ2n) is 5.05. The molecule has 2 N–H and O–H groups in total. The summed E-state index contributed by atoms with van der Waals surface area (Å²) in [5, 5.41) is 1.02. The van der Waals surface area contributed by atoms with Crippen LogP contribution in [0.15, 0.2) is 18.2 Å². The average Bonchev–Trinajstić information content (AvgIpc) is 2.80. The lowest BCUT2D eigenvalue weighted by atomic mass is 10.1. The highest BCUT2D eigenvalue weighted by Gasteiger charge is 2.29. The third-order valence-corrected chi connectivity index (χ3v) is 5.98. The standard InChI is InChI=1S/C14H17N3OS2/c1-8-9(2)19-6-5-17(8)13(18)10-3-4-11-12(7-10)20-14(15)16-11/h3-4,7-9H,5-6H2,1-2H3,(H2,15,16). The first kappa shape index (κ1) is 13.7. The van der Waals surface area contributed by atoms with Gasteiger partial charge in [-0.05, 0) is 25.1 Å². The predicted molar refractivity (Wildman–Crippen MR) is 86.5 cm³/mol. The van der Waals surface area contributed by atoms with Crippen LogP contribution in [0.4, 0.5) is 5.13 Å². The molecule has 2 aromatic rings. The number of aromatic nitrogens is 1. The molecule has 1 fully saturated rings. The van der Waals surface area contributed by atoms with E-state index in [1.54, 1.807) is 0 Å². The maximum absolute atomic E-state index is 12.7. The number of carbonyl (C=O) groups excluding carboxylic acids is 1. The Morgan fingerprint density at radius 1 is 1.45 bits per heavy atom. The van der Waals surface area contributed by atoms with Crippen molar-refractivity contribution in [1.82, 2.24) is 9.88 Å². The third-order valence-electron chi connectivity index (χ3n) is 3.80. The molecule has 20 heavy (non-hydrogen) atoms. The number of carbonyl (C=O) groups is 1. The molecule has 2 heterocycles. The summed E-state index contributed by atoms with van der Waals surface area (Å²) in [5.74, 6) is 1.12. The van der Waals surface area contributed by atoms with Crippen molar-refractivity contribution in [3.63, 3.8) is 0 Å². The molecule has 1 aromatic carbocycles. The second kappa shape index (κ2) is 5.26. The van der Waals surface area contributed by atoms with E-state index >= 15 is 0 Å². The molecule has 0 saturated carbocycles. The fourth-order valence-electron chi connectivity index (χ4n) is 2.46. The topological polar surface area (TPSA) is 59.2 Å². The maximum Gasteiger partial charge on any atom is 0.254 e. The van der Waals surface area contributed by atoms with Gasteiger partial charge in [-0.1, -0.05) is 18.3 Å².